The van der Waals surface area contributed by atoms with Gasteiger partial charge in [0.05, 0.1) is 0 Å². The molecule has 14 heavy (non-hydrogen) atoms. The molecule has 1 atom stereocenters. The normalized spacial score (nSPS) is 12.5. The molecule has 1 aromatic rings. The van der Waals surface area contributed by atoms with Crippen molar-refractivity contribution in [3.63, 3.8) is 0 Å². The van der Waals surface area contributed by atoms with Gasteiger partial charge in [0.1, 0.15) is 0 Å². The zero-order chi connectivity index (χ0) is 10.6. The fraction of sp³-hybridized carbons (Fsp3) is 0.333. The minimum absolute atomic E-state index is 0.476. The smallest absolute Gasteiger partial charge is 0.0423 e. The lowest BCUT2D eigenvalue weighted by Gasteiger charge is -2.13. The van der Waals surface area contributed by atoms with E-state index in [4.69, 9.17) is 23.2 Å². The third-order valence-electron chi connectivity index (χ3n) is 2.30. The van der Waals surface area contributed by atoms with Crippen molar-refractivity contribution in [1.82, 2.24) is 0 Å². The summed E-state index contributed by atoms with van der Waals surface area (Å²) in [6.07, 6.45) is 3.97. The molecule has 0 aliphatic carbocycles. The molecule has 0 aromatic heterocycles. The van der Waals surface area contributed by atoms with E-state index in [9.17, 15) is 0 Å². The Morgan fingerprint density at radius 1 is 1.29 bits per heavy atom. The highest BCUT2D eigenvalue weighted by Crippen LogP contribution is 2.28. The van der Waals surface area contributed by atoms with Crippen LogP contribution < -0.4 is 0 Å². The van der Waals surface area contributed by atoms with Gasteiger partial charge in [0.2, 0.25) is 0 Å². The molecule has 0 saturated carbocycles. The molecule has 2 heteroatoms. The topological polar surface area (TPSA) is 0 Å². The highest BCUT2D eigenvalue weighted by atomic mass is 35.5. The molecule has 0 saturated heterocycles. The van der Waals surface area contributed by atoms with Crippen molar-refractivity contribution in [2.75, 3.05) is 0 Å². The second kappa shape index (κ2) is 5.43. The van der Waals surface area contributed by atoms with Gasteiger partial charge in [-0.2, -0.15) is 0 Å². The Morgan fingerprint density at radius 3 is 2.29 bits per heavy atom. The highest BCUT2D eigenvalue weighted by Gasteiger charge is 2.08. The molecule has 1 unspecified atom stereocenters. The molecule has 0 aliphatic rings. The van der Waals surface area contributed by atoms with Crippen LogP contribution >= 0.6 is 23.2 Å². The molecule has 0 bridgehead atoms. The standard InChI is InChI=1S/C12H14Cl2/c1-3-5-9(4-2)10-6-11(13)8-12(14)7-10/h3,6-9H,1,4-5H2,2H3. The number of hydrogen-bond donors (Lipinski definition) is 0. The van der Waals surface area contributed by atoms with E-state index < -0.39 is 0 Å². The summed E-state index contributed by atoms with van der Waals surface area (Å²) in [4.78, 5) is 0. The number of halogens is 2. The molecule has 0 nitrogen and oxygen atoms in total. The quantitative estimate of drug-likeness (QED) is 0.632. The number of allylic oxidation sites excluding steroid dienone is 1. The first-order chi connectivity index (χ1) is 6.67. The maximum Gasteiger partial charge on any atom is 0.0423 e. The summed E-state index contributed by atoms with van der Waals surface area (Å²) in [7, 11) is 0. The summed E-state index contributed by atoms with van der Waals surface area (Å²) in [5.74, 6) is 0.476. The van der Waals surface area contributed by atoms with Crippen molar-refractivity contribution >= 4 is 23.2 Å². The van der Waals surface area contributed by atoms with Gasteiger partial charge in [-0.3, -0.25) is 0 Å². The van der Waals surface area contributed by atoms with Crippen molar-refractivity contribution < 1.29 is 0 Å². The molecule has 0 radical (unpaired) electrons. The first-order valence-corrected chi connectivity index (χ1v) is 5.49. The maximum absolute atomic E-state index is 5.94. The first-order valence-electron chi connectivity index (χ1n) is 4.74. The molecule has 0 spiro atoms. The van der Waals surface area contributed by atoms with Gasteiger partial charge < -0.3 is 0 Å². The summed E-state index contributed by atoms with van der Waals surface area (Å²) in [5.41, 5.74) is 1.20. The van der Waals surface area contributed by atoms with Crippen LogP contribution in [-0.2, 0) is 0 Å². The Labute approximate surface area is 95.5 Å². The van der Waals surface area contributed by atoms with Gasteiger partial charge in [-0.1, -0.05) is 36.2 Å². The number of hydrogen-bond acceptors (Lipinski definition) is 0. The van der Waals surface area contributed by atoms with E-state index >= 15 is 0 Å². The van der Waals surface area contributed by atoms with Crippen LogP contribution in [0.15, 0.2) is 30.9 Å². The van der Waals surface area contributed by atoms with Gasteiger partial charge in [0, 0.05) is 10.0 Å². The van der Waals surface area contributed by atoms with Crippen LogP contribution in [-0.4, -0.2) is 0 Å². The lowest BCUT2D eigenvalue weighted by Crippen LogP contribution is -1.95. The maximum atomic E-state index is 5.94. The fourth-order valence-corrected chi connectivity index (χ4v) is 2.09. The monoisotopic (exact) mass is 228 g/mol. The molecule has 0 N–H and O–H groups in total. The Morgan fingerprint density at radius 2 is 1.86 bits per heavy atom. The SMILES string of the molecule is C=CCC(CC)c1cc(Cl)cc(Cl)c1. The van der Waals surface area contributed by atoms with E-state index in [0.717, 1.165) is 12.8 Å². The van der Waals surface area contributed by atoms with E-state index in [2.05, 4.69) is 13.5 Å². The third kappa shape index (κ3) is 3.04. The first kappa shape index (κ1) is 11.6. The molecule has 1 rings (SSSR count). The second-order valence-electron chi connectivity index (χ2n) is 3.33. The minimum atomic E-state index is 0.476. The number of benzene rings is 1. The van der Waals surface area contributed by atoms with Gasteiger partial charge in [0.15, 0.2) is 0 Å². The van der Waals surface area contributed by atoms with Crippen LogP contribution in [0, 0.1) is 0 Å². The minimum Gasteiger partial charge on any atom is -0.103 e. The van der Waals surface area contributed by atoms with E-state index in [0.29, 0.717) is 16.0 Å². The van der Waals surface area contributed by atoms with Crippen molar-refractivity contribution in [3.05, 3.63) is 46.5 Å². The van der Waals surface area contributed by atoms with Gasteiger partial charge in [-0.15, -0.1) is 6.58 Å². The Hall–Kier alpha value is -0.460. The fourth-order valence-electron chi connectivity index (χ4n) is 1.55. The average Bonchev–Trinajstić information content (AvgIpc) is 2.12. The lowest BCUT2D eigenvalue weighted by atomic mass is 9.93. The molecular formula is C12H14Cl2. The van der Waals surface area contributed by atoms with E-state index in [1.54, 1.807) is 6.07 Å². The molecule has 0 aliphatic heterocycles. The molecule has 0 heterocycles. The summed E-state index contributed by atoms with van der Waals surface area (Å²) in [6, 6.07) is 5.71. The third-order valence-corrected chi connectivity index (χ3v) is 2.74. The zero-order valence-electron chi connectivity index (χ0n) is 8.26. The van der Waals surface area contributed by atoms with Gasteiger partial charge in [-0.05, 0) is 42.5 Å². The Kier molecular flexibility index (Phi) is 4.50. The molecule has 0 fully saturated rings. The van der Waals surface area contributed by atoms with Crippen molar-refractivity contribution in [3.8, 4) is 0 Å². The summed E-state index contributed by atoms with van der Waals surface area (Å²) in [6.45, 7) is 5.91. The predicted molar refractivity (Wildman–Crippen MR) is 64.3 cm³/mol. The number of rotatable bonds is 4. The molecular weight excluding hydrogens is 215 g/mol. The second-order valence-corrected chi connectivity index (χ2v) is 4.21. The van der Waals surface area contributed by atoms with Crippen molar-refractivity contribution in [2.24, 2.45) is 0 Å². The molecule has 0 amide bonds. The van der Waals surface area contributed by atoms with Crippen LogP contribution in [0.25, 0.3) is 0 Å². The lowest BCUT2D eigenvalue weighted by molar-refractivity contribution is 0.675. The average molecular weight is 229 g/mol. The van der Waals surface area contributed by atoms with E-state index in [1.165, 1.54) is 5.56 Å². The van der Waals surface area contributed by atoms with Crippen molar-refractivity contribution in [1.29, 1.82) is 0 Å². The highest BCUT2D eigenvalue weighted by molar-refractivity contribution is 6.34. The van der Waals surface area contributed by atoms with Crippen molar-refractivity contribution in [2.45, 2.75) is 25.7 Å². The Bertz CT molecular complexity index is 298. The molecule has 76 valence electrons. The summed E-state index contributed by atoms with van der Waals surface area (Å²) >= 11 is 11.9. The predicted octanol–water partition coefficient (Wildman–Crippen LogP) is 5.06. The van der Waals surface area contributed by atoms with Gasteiger partial charge in [0.25, 0.3) is 0 Å². The largest absolute Gasteiger partial charge is 0.103 e. The van der Waals surface area contributed by atoms with Crippen LogP contribution in [0.3, 0.4) is 0 Å². The van der Waals surface area contributed by atoms with Crippen LogP contribution in [0.1, 0.15) is 31.2 Å². The zero-order valence-corrected chi connectivity index (χ0v) is 9.78. The molecule has 1 aromatic carbocycles. The van der Waals surface area contributed by atoms with Gasteiger partial charge >= 0.3 is 0 Å². The van der Waals surface area contributed by atoms with E-state index in [-0.39, 0.29) is 0 Å². The summed E-state index contributed by atoms with van der Waals surface area (Å²) < 4.78 is 0. The summed E-state index contributed by atoms with van der Waals surface area (Å²) in [5, 5.41) is 1.41. The van der Waals surface area contributed by atoms with Crippen LogP contribution in [0.5, 0.6) is 0 Å². The Balaban J connectivity index is 2.96. The van der Waals surface area contributed by atoms with Gasteiger partial charge in [-0.25, -0.2) is 0 Å². The van der Waals surface area contributed by atoms with E-state index in [1.807, 2.05) is 18.2 Å². The van der Waals surface area contributed by atoms with Crippen LogP contribution in [0.2, 0.25) is 10.0 Å². The van der Waals surface area contributed by atoms with Crippen LogP contribution in [0.4, 0.5) is 0 Å².